The van der Waals surface area contributed by atoms with Crippen molar-refractivity contribution in [3.05, 3.63) is 30.7 Å². The highest BCUT2D eigenvalue weighted by Crippen LogP contribution is 2.66. The normalized spacial score (nSPS) is 23.2. The van der Waals surface area contributed by atoms with E-state index in [9.17, 15) is 23.5 Å². The highest BCUT2D eigenvalue weighted by Gasteiger charge is 2.43. The summed E-state index contributed by atoms with van der Waals surface area (Å²) in [5.41, 5.74) is 12.4. The van der Waals surface area contributed by atoms with E-state index in [4.69, 9.17) is 35.3 Å². The van der Waals surface area contributed by atoms with Gasteiger partial charge >= 0.3 is 23.5 Å². The lowest BCUT2D eigenvalue weighted by Gasteiger charge is -2.21. The molecular weight excluding hydrogens is 559 g/mol. The van der Waals surface area contributed by atoms with Crippen LogP contribution in [0.3, 0.4) is 0 Å². The summed E-state index contributed by atoms with van der Waals surface area (Å²) in [5, 5.41) is 0.465. The second-order valence-electron chi connectivity index (χ2n) is 7.33. The Morgan fingerprint density at radius 1 is 1.22 bits per heavy atom. The molecule has 17 nitrogen and oxygen atoms in total. The van der Waals surface area contributed by atoms with Crippen molar-refractivity contribution in [2.24, 2.45) is 5.73 Å². The highest BCUT2D eigenvalue weighted by molar-refractivity contribution is 7.66. The molecule has 0 aromatic carbocycles. The minimum Gasteiger partial charge on any atom is -0.383 e. The molecule has 8 N–H and O–H groups in total. The van der Waals surface area contributed by atoms with Gasteiger partial charge in [-0.3, -0.25) is 4.52 Å². The molecule has 1 aliphatic heterocycles. The van der Waals surface area contributed by atoms with E-state index in [1.165, 1.54) is 12.4 Å². The molecule has 4 unspecified atom stereocenters. The van der Waals surface area contributed by atoms with Gasteiger partial charge in [0.05, 0.1) is 36.8 Å². The van der Waals surface area contributed by atoms with Crippen molar-refractivity contribution in [3.63, 3.8) is 0 Å². The zero-order valence-corrected chi connectivity index (χ0v) is 21.6. The summed E-state index contributed by atoms with van der Waals surface area (Å²) in [4.78, 5) is 44.6. The van der Waals surface area contributed by atoms with E-state index in [2.05, 4.69) is 37.0 Å². The first-order valence-corrected chi connectivity index (χ1v) is 14.7. The molecule has 2 aromatic heterocycles. The average molecular weight is 583 g/mol. The van der Waals surface area contributed by atoms with E-state index in [-0.39, 0.29) is 25.4 Å². The number of fused-ring (bicyclic) bond motifs is 1. The quantitative estimate of drug-likeness (QED) is 0.120. The summed E-state index contributed by atoms with van der Waals surface area (Å²) in [6, 6.07) is 0. The van der Waals surface area contributed by atoms with Crippen molar-refractivity contribution in [1.82, 2.24) is 14.5 Å². The van der Waals surface area contributed by atoms with Gasteiger partial charge in [0.15, 0.2) is 0 Å². The molecule has 0 bridgehead atoms. The Hall–Kier alpha value is -1.99. The number of nitrogen functional groups attached to an aromatic ring is 1. The van der Waals surface area contributed by atoms with E-state index in [0.29, 0.717) is 16.6 Å². The first kappa shape index (κ1) is 29.6. The van der Waals surface area contributed by atoms with Crippen LogP contribution in [-0.2, 0) is 36.3 Å². The summed E-state index contributed by atoms with van der Waals surface area (Å²) < 4.78 is 59.9. The molecule has 20 heteroatoms. The molecule has 5 atom stereocenters. The zero-order valence-electron chi connectivity index (χ0n) is 18.9. The van der Waals surface area contributed by atoms with Gasteiger partial charge in [0.1, 0.15) is 30.1 Å². The Labute approximate surface area is 209 Å². The molecule has 0 saturated carbocycles. The lowest BCUT2D eigenvalue weighted by atomic mass is 10.2. The van der Waals surface area contributed by atoms with Gasteiger partial charge in [-0.2, -0.15) is 8.62 Å². The Morgan fingerprint density at radius 3 is 2.59 bits per heavy atom. The standard InChI is InChI=1S/C17H24N5O12P3/c1-2-6-30-12-7-14(22-8-11(4-3-5-18)15-16(19)20-10-21-17(15)22)32-13(12)9-31-36(26,27)34-37(28,29)33-35(23,24)25/h2,8,10,12-14H,1,5-7,9,18H2,(H,26,27)(H,28,29)(H2,19,20,21)(H2,23,24,25)/t12-,13?,14?/m1/s1. The first-order valence-electron chi connectivity index (χ1n) is 10.2. The molecular formula is C17H24N5O12P3. The van der Waals surface area contributed by atoms with Gasteiger partial charge in [0, 0.05) is 12.6 Å². The Bertz CT molecular complexity index is 1350. The molecule has 1 fully saturated rings. The molecule has 204 valence electrons. The van der Waals surface area contributed by atoms with Gasteiger partial charge < -0.3 is 45.1 Å². The van der Waals surface area contributed by atoms with E-state index < -0.39 is 48.5 Å². The summed E-state index contributed by atoms with van der Waals surface area (Å²) in [6.45, 7) is 3.05. The smallest absolute Gasteiger partial charge is 0.383 e. The van der Waals surface area contributed by atoms with Crippen molar-refractivity contribution >= 4 is 40.3 Å². The minimum atomic E-state index is -5.67. The number of rotatable bonds is 11. The van der Waals surface area contributed by atoms with E-state index >= 15 is 0 Å². The van der Waals surface area contributed by atoms with Crippen LogP contribution in [0.1, 0.15) is 18.2 Å². The second kappa shape index (κ2) is 11.8. The predicted molar refractivity (Wildman–Crippen MR) is 126 cm³/mol. The number of hydrogen-bond acceptors (Lipinski definition) is 12. The summed E-state index contributed by atoms with van der Waals surface area (Å²) >= 11 is 0. The molecule has 0 amide bonds. The van der Waals surface area contributed by atoms with Crippen molar-refractivity contribution < 1.29 is 55.9 Å². The van der Waals surface area contributed by atoms with Crippen LogP contribution in [0.5, 0.6) is 0 Å². The number of phosphoric ester groups is 1. The predicted octanol–water partition coefficient (Wildman–Crippen LogP) is 0.526. The molecule has 1 saturated heterocycles. The topological polar surface area (TPSA) is 261 Å². The van der Waals surface area contributed by atoms with E-state index in [1.807, 2.05) is 0 Å². The van der Waals surface area contributed by atoms with Crippen LogP contribution in [0.25, 0.3) is 11.0 Å². The number of ether oxygens (including phenoxy) is 2. The highest BCUT2D eigenvalue weighted by atomic mass is 31.3. The number of nitrogens with zero attached hydrogens (tertiary/aromatic N) is 3. The first-order chi connectivity index (χ1) is 17.3. The number of aromatic nitrogens is 3. The molecule has 0 radical (unpaired) electrons. The van der Waals surface area contributed by atoms with Gasteiger partial charge in [-0.15, -0.1) is 6.58 Å². The largest absolute Gasteiger partial charge is 0.490 e. The fourth-order valence-electron chi connectivity index (χ4n) is 3.43. The molecule has 1 aliphatic rings. The van der Waals surface area contributed by atoms with Crippen LogP contribution in [0.2, 0.25) is 0 Å². The Kier molecular flexibility index (Phi) is 9.44. The van der Waals surface area contributed by atoms with Gasteiger partial charge in [-0.25, -0.2) is 23.7 Å². The van der Waals surface area contributed by atoms with Crippen LogP contribution in [-0.4, -0.2) is 66.1 Å². The van der Waals surface area contributed by atoms with Crippen molar-refractivity contribution in [1.29, 1.82) is 0 Å². The third-order valence-electron chi connectivity index (χ3n) is 4.70. The maximum absolute atomic E-state index is 12.1. The van der Waals surface area contributed by atoms with Crippen LogP contribution in [0.4, 0.5) is 5.82 Å². The monoisotopic (exact) mass is 583 g/mol. The SMILES string of the molecule is C=CCO[C@@H]1CC(n2cc(C#CCN)c3c(N)ncnc32)OC1COP(=O)(O)OP(=O)(O)OP(=O)(O)O. The maximum Gasteiger partial charge on any atom is 0.490 e. The van der Waals surface area contributed by atoms with E-state index in [0.717, 1.165) is 0 Å². The second-order valence-corrected chi connectivity index (χ2v) is 11.7. The Balaban J connectivity index is 1.82. The maximum atomic E-state index is 12.1. The molecule has 0 spiro atoms. The Morgan fingerprint density at radius 2 is 1.95 bits per heavy atom. The van der Waals surface area contributed by atoms with Crippen LogP contribution < -0.4 is 11.5 Å². The van der Waals surface area contributed by atoms with Crippen LogP contribution in [0.15, 0.2) is 25.2 Å². The lowest BCUT2D eigenvalue weighted by molar-refractivity contribution is -0.0549. The van der Waals surface area contributed by atoms with Crippen LogP contribution >= 0.6 is 23.5 Å². The van der Waals surface area contributed by atoms with E-state index in [1.54, 1.807) is 10.8 Å². The number of nitrogens with two attached hydrogens (primary N) is 2. The summed E-state index contributed by atoms with van der Waals surface area (Å²) in [5.74, 6) is 5.78. The van der Waals surface area contributed by atoms with Gasteiger partial charge in [0.25, 0.3) is 0 Å². The number of anilines is 1. The molecule has 2 aromatic rings. The van der Waals surface area contributed by atoms with Gasteiger partial charge in [-0.05, 0) is 0 Å². The van der Waals surface area contributed by atoms with Crippen LogP contribution in [0, 0.1) is 11.8 Å². The van der Waals surface area contributed by atoms with Gasteiger partial charge in [0.2, 0.25) is 0 Å². The number of phosphoric acid groups is 3. The van der Waals surface area contributed by atoms with Crippen molar-refractivity contribution in [2.75, 3.05) is 25.5 Å². The lowest BCUT2D eigenvalue weighted by Crippen LogP contribution is -2.29. The fourth-order valence-corrected chi connectivity index (χ4v) is 6.46. The molecule has 3 rings (SSSR count). The van der Waals surface area contributed by atoms with Crippen molar-refractivity contribution in [2.45, 2.75) is 24.9 Å². The minimum absolute atomic E-state index is 0.0846. The molecule has 0 aliphatic carbocycles. The third kappa shape index (κ3) is 8.00. The molecule has 3 heterocycles. The zero-order chi connectivity index (χ0) is 27.4. The summed E-state index contributed by atoms with van der Waals surface area (Å²) in [6.07, 6.45) is 2.02. The molecule has 37 heavy (non-hydrogen) atoms. The average Bonchev–Trinajstić information content (AvgIpc) is 3.34. The van der Waals surface area contributed by atoms with Gasteiger partial charge in [-0.1, -0.05) is 17.9 Å². The summed E-state index contributed by atoms with van der Waals surface area (Å²) in [7, 11) is -16.6. The number of hydrogen-bond donors (Lipinski definition) is 6. The fraction of sp³-hybridized carbons (Fsp3) is 0.412. The third-order valence-corrected chi connectivity index (χ3v) is 8.50. The van der Waals surface area contributed by atoms with Crippen molar-refractivity contribution in [3.8, 4) is 11.8 Å².